The van der Waals surface area contributed by atoms with Crippen LogP contribution in [0.5, 0.6) is 0 Å². The standard InChI is InChI=1S/C12H15NO3S/c1-8-4-10(12(15)16)6-13(5-8)11(14)9-2-3-17-7-9/h2-3,7-8,10H,4-6H2,1H3,(H,15,16). The number of piperidine rings is 1. The number of thiophene rings is 1. The van der Waals surface area contributed by atoms with Crippen molar-refractivity contribution < 1.29 is 14.7 Å². The minimum atomic E-state index is -0.806. The molecule has 1 aromatic heterocycles. The van der Waals surface area contributed by atoms with Gasteiger partial charge < -0.3 is 10.0 Å². The van der Waals surface area contributed by atoms with Gasteiger partial charge in [-0.1, -0.05) is 6.92 Å². The number of rotatable bonds is 2. The van der Waals surface area contributed by atoms with Crippen LogP contribution in [0.3, 0.4) is 0 Å². The lowest BCUT2D eigenvalue weighted by molar-refractivity contribution is -0.143. The fraction of sp³-hybridized carbons (Fsp3) is 0.500. The van der Waals surface area contributed by atoms with Crippen molar-refractivity contribution in [2.75, 3.05) is 13.1 Å². The molecule has 92 valence electrons. The van der Waals surface area contributed by atoms with Gasteiger partial charge in [0, 0.05) is 18.5 Å². The molecular formula is C12H15NO3S. The van der Waals surface area contributed by atoms with E-state index in [0.29, 0.717) is 25.1 Å². The van der Waals surface area contributed by atoms with Crippen LogP contribution in [0.25, 0.3) is 0 Å². The van der Waals surface area contributed by atoms with Crippen molar-refractivity contribution in [2.45, 2.75) is 13.3 Å². The third-order valence-electron chi connectivity index (χ3n) is 3.06. The third-order valence-corrected chi connectivity index (χ3v) is 3.75. The first-order chi connectivity index (χ1) is 8.08. The van der Waals surface area contributed by atoms with Gasteiger partial charge >= 0.3 is 5.97 Å². The van der Waals surface area contributed by atoms with E-state index in [9.17, 15) is 9.59 Å². The van der Waals surface area contributed by atoms with E-state index in [2.05, 4.69) is 0 Å². The summed E-state index contributed by atoms with van der Waals surface area (Å²) < 4.78 is 0. The molecule has 0 aromatic carbocycles. The molecule has 2 atom stereocenters. The Kier molecular flexibility index (Phi) is 3.47. The van der Waals surface area contributed by atoms with Gasteiger partial charge in [-0.3, -0.25) is 9.59 Å². The highest BCUT2D eigenvalue weighted by molar-refractivity contribution is 7.08. The second-order valence-electron chi connectivity index (χ2n) is 4.60. The van der Waals surface area contributed by atoms with Crippen molar-refractivity contribution in [1.82, 2.24) is 4.90 Å². The zero-order valence-corrected chi connectivity index (χ0v) is 10.4. The van der Waals surface area contributed by atoms with Gasteiger partial charge in [-0.05, 0) is 23.8 Å². The molecule has 1 N–H and O–H groups in total. The summed E-state index contributed by atoms with van der Waals surface area (Å²) in [6, 6.07) is 1.78. The molecule has 2 heterocycles. The van der Waals surface area contributed by atoms with Crippen molar-refractivity contribution in [3.63, 3.8) is 0 Å². The molecule has 5 heteroatoms. The Labute approximate surface area is 104 Å². The zero-order chi connectivity index (χ0) is 12.4. The van der Waals surface area contributed by atoms with E-state index in [1.165, 1.54) is 11.3 Å². The van der Waals surface area contributed by atoms with Crippen LogP contribution >= 0.6 is 11.3 Å². The molecule has 2 rings (SSSR count). The van der Waals surface area contributed by atoms with E-state index in [1.54, 1.807) is 16.3 Å². The third kappa shape index (κ3) is 2.66. The van der Waals surface area contributed by atoms with Crippen LogP contribution in [-0.2, 0) is 4.79 Å². The SMILES string of the molecule is CC1CC(C(=O)O)CN(C(=O)c2ccsc2)C1. The molecule has 17 heavy (non-hydrogen) atoms. The number of carbonyl (C=O) groups excluding carboxylic acids is 1. The Balaban J connectivity index is 2.10. The van der Waals surface area contributed by atoms with Crippen LogP contribution in [0.1, 0.15) is 23.7 Å². The number of hydrogen-bond donors (Lipinski definition) is 1. The van der Waals surface area contributed by atoms with E-state index in [-0.39, 0.29) is 11.8 Å². The summed E-state index contributed by atoms with van der Waals surface area (Å²) in [5, 5.41) is 12.7. The molecule has 0 radical (unpaired) electrons. The topological polar surface area (TPSA) is 57.6 Å². The molecule has 1 aromatic rings. The molecule has 0 aliphatic carbocycles. The van der Waals surface area contributed by atoms with Crippen molar-refractivity contribution in [2.24, 2.45) is 11.8 Å². The second kappa shape index (κ2) is 4.87. The Morgan fingerprint density at radius 3 is 2.82 bits per heavy atom. The van der Waals surface area contributed by atoms with Gasteiger partial charge in [0.15, 0.2) is 0 Å². The maximum absolute atomic E-state index is 12.1. The molecule has 1 amide bonds. The van der Waals surface area contributed by atoms with Crippen molar-refractivity contribution in [3.05, 3.63) is 22.4 Å². The predicted octanol–water partition coefficient (Wildman–Crippen LogP) is 1.93. The highest BCUT2D eigenvalue weighted by atomic mass is 32.1. The van der Waals surface area contributed by atoms with Crippen LogP contribution in [0.2, 0.25) is 0 Å². The van der Waals surface area contributed by atoms with Gasteiger partial charge in [0.25, 0.3) is 5.91 Å². The molecule has 4 nitrogen and oxygen atoms in total. The molecule has 1 aliphatic heterocycles. The average Bonchev–Trinajstić information content (AvgIpc) is 2.80. The van der Waals surface area contributed by atoms with Gasteiger partial charge in [0.1, 0.15) is 0 Å². The molecule has 1 saturated heterocycles. The van der Waals surface area contributed by atoms with E-state index in [0.717, 1.165) is 0 Å². The minimum absolute atomic E-state index is 0.0518. The number of carboxylic acids is 1. The smallest absolute Gasteiger partial charge is 0.308 e. The van der Waals surface area contributed by atoms with E-state index < -0.39 is 11.9 Å². The largest absolute Gasteiger partial charge is 0.481 e. The van der Waals surface area contributed by atoms with Gasteiger partial charge in [-0.2, -0.15) is 11.3 Å². The Morgan fingerprint density at radius 1 is 1.47 bits per heavy atom. The fourth-order valence-electron chi connectivity index (χ4n) is 2.27. The predicted molar refractivity (Wildman–Crippen MR) is 65.1 cm³/mol. The van der Waals surface area contributed by atoms with Gasteiger partial charge in [-0.25, -0.2) is 0 Å². The van der Waals surface area contributed by atoms with Crippen LogP contribution in [0.4, 0.5) is 0 Å². The lowest BCUT2D eigenvalue weighted by atomic mass is 9.90. The van der Waals surface area contributed by atoms with Gasteiger partial charge in [0.05, 0.1) is 11.5 Å². The fourth-order valence-corrected chi connectivity index (χ4v) is 2.89. The Bertz CT molecular complexity index is 415. The zero-order valence-electron chi connectivity index (χ0n) is 9.63. The van der Waals surface area contributed by atoms with Crippen LogP contribution < -0.4 is 0 Å². The van der Waals surface area contributed by atoms with Crippen molar-refractivity contribution in [3.8, 4) is 0 Å². The number of carboxylic acid groups (broad SMARTS) is 1. The molecule has 1 aliphatic rings. The number of likely N-dealkylation sites (tertiary alicyclic amines) is 1. The molecule has 1 fully saturated rings. The minimum Gasteiger partial charge on any atom is -0.481 e. The normalized spacial score (nSPS) is 24.6. The van der Waals surface area contributed by atoms with E-state index >= 15 is 0 Å². The average molecular weight is 253 g/mol. The summed E-state index contributed by atoms with van der Waals surface area (Å²) >= 11 is 1.48. The first-order valence-electron chi connectivity index (χ1n) is 5.62. The molecule has 0 saturated carbocycles. The molecule has 2 unspecified atom stereocenters. The maximum atomic E-state index is 12.1. The Morgan fingerprint density at radius 2 is 2.24 bits per heavy atom. The van der Waals surface area contributed by atoms with Crippen molar-refractivity contribution in [1.29, 1.82) is 0 Å². The number of amides is 1. The molecule has 0 spiro atoms. The highest BCUT2D eigenvalue weighted by Gasteiger charge is 2.32. The summed E-state index contributed by atoms with van der Waals surface area (Å²) in [6.45, 7) is 2.97. The Hall–Kier alpha value is -1.36. The first kappa shape index (κ1) is 12.1. The number of nitrogens with zero attached hydrogens (tertiary/aromatic N) is 1. The first-order valence-corrected chi connectivity index (χ1v) is 6.56. The maximum Gasteiger partial charge on any atom is 0.308 e. The number of carbonyl (C=O) groups is 2. The summed E-state index contributed by atoms with van der Waals surface area (Å²) in [6.07, 6.45) is 0.656. The van der Waals surface area contributed by atoms with Crippen LogP contribution in [-0.4, -0.2) is 35.0 Å². The summed E-state index contributed by atoms with van der Waals surface area (Å²) in [5.74, 6) is -1.04. The van der Waals surface area contributed by atoms with E-state index in [1.807, 2.05) is 12.3 Å². The van der Waals surface area contributed by atoms with E-state index in [4.69, 9.17) is 5.11 Å². The number of hydrogen-bond acceptors (Lipinski definition) is 3. The lowest BCUT2D eigenvalue weighted by Crippen LogP contribution is -2.45. The van der Waals surface area contributed by atoms with Crippen LogP contribution in [0.15, 0.2) is 16.8 Å². The summed E-state index contributed by atoms with van der Waals surface area (Å²) in [4.78, 5) is 24.8. The van der Waals surface area contributed by atoms with Crippen molar-refractivity contribution >= 4 is 23.2 Å². The number of aliphatic carboxylic acids is 1. The molecule has 0 bridgehead atoms. The molecular weight excluding hydrogens is 238 g/mol. The summed E-state index contributed by atoms with van der Waals surface area (Å²) in [7, 11) is 0. The highest BCUT2D eigenvalue weighted by Crippen LogP contribution is 2.23. The quantitative estimate of drug-likeness (QED) is 0.876. The second-order valence-corrected chi connectivity index (χ2v) is 5.38. The van der Waals surface area contributed by atoms with Gasteiger partial charge in [-0.15, -0.1) is 0 Å². The lowest BCUT2D eigenvalue weighted by Gasteiger charge is -2.34. The summed E-state index contributed by atoms with van der Waals surface area (Å²) in [5.41, 5.74) is 0.660. The van der Waals surface area contributed by atoms with Crippen LogP contribution in [0, 0.1) is 11.8 Å². The van der Waals surface area contributed by atoms with Gasteiger partial charge in [0.2, 0.25) is 0 Å². The monoisotopic (exact) mass is 253 g/mol.